The molecule has 0 fully saturated rings. The molecule has 0 aliphatic heterocycles. The number of aryl methyl sites for hydroxylation is 1. The Morgan fingerprint density at radius 3 is 2.19 bits per heavy atom. The molecule has 0 heterocycles. The lowest BCUT2D eigenvalue weighted by molar-refractivity contribution is -0.155. The summed E-state index contributed by atoms with van der Waals surface area (Å²) in [6, 6.07) is 5.55. The monoisotopic (exact) mass is 364 g/mol. The maximum absolute atomic E-state index is 12.3. The average Bonchev–Trinajstić information content (AvgIpc) is 2.42. The molecular formula is C20H32N2O4. The summed E-state index contributed by atoms with van der Waals surface area (Å²) in [5, 5.41) is 2.74. The van der Waals surface area contributed by atoms with Crippen molar-refractivity contribution in [2.24, 2.45) is 0 Å². The number of nitrogen functional groups attached to an aromatic ring is 1. The van der Waals surface area contributed by atoms with Crippen LogP contribution in [0.1, 0.15) is 65.0 Å². The van der Waals surface area contributed by atoms with Gasteiger partial charge in [-0.2, -0.15) is 0 Å². The first-order valence-corrected chi connectivity index (χ1v) is 8.81. The number of anilines is 1. The third-order valence-electron chi connectivity index (χ3n) is 3.47. The number of alkyl carbamates (subject to hydrolysis) is 1. The van der Waals surface area contributed by atoms with E-state index < -0.39 is 17.3 Å². The zero-order chi connectivity index (χ0) is 20.1. The Morgan fingerprint density at radius 1 is 1.08 bits per heavy atom. The number of nitrogens with two attached hydrogens (primary N) is 1. The standard InChI is InChI=1S/C20H32N2O4/c1-13-8-9-15(21)11-16(13)14(10-17(23)25-19(2,3)4)12-22-18(24)26-20(5,6)7/h8-9,11,14H,10,12,21H2,1-7H3,(H,22,24). The van der Waals surface area contributed by atoms with E-state index in [1.165, 1.54) is 0 Å². The van der Waals surface area contributed by atoms with Gasteiger partial charge in [-0.1, -0.05) is 6.07 Å². The summed E-state index contributed by atoms with van der Waals surface area (Å²) in [6.45, 7) is 13.1. The third-order valence-corrected chi connectivity index (χ3v) is 3.47. The highest BCUT2D eigenvalue weighted by molar-refractivity contribution is 5.72. The molecule has 26 heavy (non-hydrogen) atoms. The number of amides is 1. The SMILES string of the molecule is Cc1ccc(N)cc1C(CNC(=O)OC(C)(C)C)CC(=O)OC(C)(C)C. The zero-order valence-corrected chi connectivity index (χ0v) is 16.9. The van der Waals surface area contributed by atoms with E-state index in [9.17, 15) is 9.59 Å². The van der Waals surface area contributed by atoms with Gasteiger partial charge in [0.2, 0.25) is 0 Å². The highest BCUT2D eigenvalue weighted by Crippen LogP contribution is 2.26. The Bertz CT molecular complexity index is 642. The van der Waals surface area contributed by atoms with Crippen molar-refractivity contribution in [1.82, 2.24) is 5.32 Å². The van der Waals surface area contributed by atoms with Gasteiger partial charge < -0.3 is 20.5 Å². The van der Waals surface area contributed by atoms with Gasteiger partial charge in [-0.15, -0.1) is 0 Å². The molecule has 0 radical (unpaired) electrons. The lowest BCUT2D eigenvalue weighted by atomic mass is 9.91. The minimum absolute atomic E-state index is 0.136. The molecule has 1 amide bonds. The van der Waals surface area contributed by atoms with Crippen molar-refractivity contribution >= 4 is 17.7 Å². The second-order valence-corrected chi connectivity index (χ2v) is 8.49. The first-order chi connectivity index (χ1) is 11.8. The second kappa shape index (κ2) is 8.43. The predicted octanol–water partition coefficient (Wildman–Crippen LogP) is 3.92. The molecule has 1 aromatic rings. The topological polar surface area (TPSA) is 90.6 Å². The Hall–Kier alpha value is -2.24. The number of hydrogen-bond acceptors (Lipinski definition) is 5. The lowest BCUT2D eigenvalue weighted by Crippen LogP contribution is -2.36. The summed E-state index contributed by atoms with van der Waals surface area (Å²) in [6.07, 6.45) is -0.384. The number of carbonyl (C=O) groups is 2. The Balaban J connectivity index is 2.93. The molecule has 6 nitrogen and oxygen atoms in total. The van der Waals surface area contributed by atoms with Gasteiger partial charge >= 0.3 is 12.1 Å². The minimum Gasteiger partial charge on any atom is -0.460 e. The van der Waals surface area contributed by atoms with Crippen molar-refractivity contribution in [3.63, 3.8) is 0 Å². The fourth-order valence-electron chi connectivity index (χ4n) is 2.50. The highest BCUT2D eigenvalue weighted by Gasteiger charge is 2.24. The van der Waals surface area contributed by atoms with Gasteiger partial charge in [0.25, 0.3) is 0 Å². The Morgan fingerprint density at radius 2 is 1.65 bits per heavy atom. The molecule has 146 valence electrons. The largest absolute Gasteiger partial charge is 0.460 e. The van der Waals surface area contributed by atoms with Crippen LogP contribution in [0, 0.1) is 6.92 Å². The van der Waals surface area contributed by atoms with Crippen molar-refractivity contribution in [3.8, 4) is 0 Å². The second-order valence-electron chi connectivity index (χ2n) is 8.49. The van der Waals surface area contributed by atoms with E-state index in [0.29, 0.717) is 5.69 Å². The summed E-state index contributed by atoms with van der Waals surface area (Å²) < 4.78 is 10.7. The van der Waals surface area contributed by atoms with Crippen molar-refractivity contribution in [3.05, 3.63) is 29.3 Å². The van der Waals surface area contributed by atoms with Crippen LogP contribution in [0.3, 0.4) is 0 Å². The van der Waals surface area contributed by atoms with E-state index in [1.54, 1.807) is 20.8 Å². The highest BCUT2D eigenvalue weighted by atomic mass is 16.6. The van der Waals surface area contributed by atoms with Gasteiger partial charge in [0.15, 0.2) is 0 Å². The Kier molecular flexibility index (Phi) is 7.07. The van der Waals surface area contributed by atoms with Gasteiger partial charge in [0, 0.05) is 18.2 Å². The van der Waals surface area contributed by atoms with Crippen LogP contribution in [-0.2, 0) is 14.3 Å². The molecule has 0 aromatic heterocycles. The maximum Gasteiger partial charge on any atom is 0.407 e. The molecule has 1 unspecified atom stereocenters. The number of esters is 1. The molecule has 1 rings (SSSR count). The summed E-state index contributed by atoms with van der Waals surface area (Å²) in [4.78, 5) is 24.3. The molecule has 0 bridgehead atoms. The fourth-order valence-corrected chi connectivity index (χ4v) is 2.50. The molecule has 0 saturated heterocycles. The van der Waals surface area contributed by atoms with Crippen molar-refractivity contribution in [1.29, 1.82) is 0 Å². The fraction of sp³-hybridized carbons (Fsp3) is 0.600. The smallest absolute Gasteiger partial charge is 0.407 e. The van der Waals surface area contributed by atoms with Crippen LogP contribution in [0.15, 0.2) is 18.2 Å². The number of hydrogen-bond donors (Lipinski definition) is 2. The molecule has 0 aliphatic rings. The number of rotatable bonds is 5. The van der Waals surface area contributed by atoms with Crippen LogP contribution in [0.25, 0.3) is 0 Å². The van der Waals surface area contributed by atoms with Gasteiger partial charge in [0.1, 0.15) is 11.2 Å². The predicted molar refractivity (Wildman–Crippen MR) is 103 cm³/mol. The average molecular weight is 364 g/mol. The number of carbonyl (C=O) groups excluding carboxylic acids is 2. The van der Waals surface area contributed by atoms with Crippen molar-refractivity contribution < 1.29 is 19.1 Å². The number of ether oxygens (including phenoxy) is 2. The normalized spacial score (nSPS) is 13.0. The molecule has 0 saturated carbocycles. The Labute approximate surface area is 156 Å². The first-order valence-electron chi connectivity index (χ1n) is 8.81. The molecular weight excluding hydrogens is 332 g/mol. The molecule has 1 atom stereocenters. The minimum atomic E-state index is -0.585. The molecule has 0 aliphatic carbocycles. The van der Waals surface area contributed by atoms with Gasteiger partial charge in [-0.05, 0) is 71.7 Å². The zero-order valence-electron chi connectivity index (χ0n) is 16.9. The van der Waals surface area contributed by atoms with Crippen LogP contribution in [0.4, 0.5) is 10.5 Å². The summed E-state index contributed by atoms with van der Waals surface area (Å²) in [7, 11) is 0. The van der Waals surface area contributed by atoms with E-state index in [0.717, 1.165) is 11.1 Å². The van der Waals surface area contributed by atoms with Crippen molar-refractivity contribution in [2.45, 2.75) is 72.0 Å². The van der Waals surface area contributed by atoms with E-state index in [4.69, 9.17) is 15.2 Å². The van der Waals surface area contributed by atoms with Crippen LogP contribution >= 0.6 is 0 Å². The number of benzene rings is 1. The van der Waals surface area contributed by atoms with Gasteiger partial charge in [-0.25, -0.2) is 4.79 Å². The molecule has 6 heteroatoms. The molecule has 0 spiro atoms. The summed E-state index contributed by atoms with van der Waals surface area (Å²) in [5.41, 5.74) is 7.28. The van der Waals surface area contributed by atoms with Crippen molar-refractivity contribution in [2.75, 3.05) is 12.3 Å². The maximum atomic E-state index is 12.3. The first kappa shape index (κ1) is 21.8. The third kappa shape index (κ3) is 8.23. The van der Waals surface area contributed by atoms with E-state index >= 15 is 0 Å². The lowest BCUT2D eigenvalue weighted by Gasteiger charge is -2.25. The number of nitrogens with one attached hydrogen (secondary N) is 1. The van der Waals surface area contributed by atoms with Gasteiger partial charge in [0.05, 0.1) is 6.42 Å². The summed E-state index contributed by atoms with van der Waals surface area (Å²) >= 11 is 0. The van der Waals surface area contributed by atoms with Gasteiger partial charge in [-0.3, -0.25) is 4.79 Å². The van der Waals surface area contributed by atoms with Crippen LogP contribution in [0.5, 0.6) is 0 Å². The van der Waals surface area contributed by atoms with Crippen LogP contribution < -0.4 is 11.1 Å². The van der Waals surface area contributed by atoms with E-state index in [1.807, 2.05) is 45.9 Å². The van der Waals surface area contributed by atoms with Crippen LogP contribution in [-0.4, -0.2) is 29.8 Å². The van der Waals surface area contributed by atoms with E-state index in [-0.39, 0.29) is 24.9 Å². The van der Waals surface area contributed by atoms with Crippen LogP contribution in [0.2, 0.25) is 0 Å². The molecule has 3 N–H and O–H groups in total. The summed E-state index contributed by atoms with van der Waals surface area (Å²) in [5.74, 6) is -0.587. The quantitative estimate of drug-likeness (QED) is 0.610. The molecule has 1 aromatic carbocycles. The van der Waals surface area contributed by atoms with E-state index in [2.05, 4.69) is 5.32 Å².